The van der Waals surface area contributed by atoms with Gasteiger partial charge >= 0.3 is 0 Å². The summed E-state index contributed by atoms with van der Waals surface area (Å²) in [7, 11) is 0. The number of amides is 2. The molecule has 2 N–H and O–H groups in total. The summed E-state index contributed by atoms with van der Waals surface area (Å²) in [6.07, 6.45) is 0. The molecule has 4 aromatic carbocycles. The molecule has 0 bridgehead atoms. The van der Waals surface area contributed by atoms with Crippen LogP contribution in [0.4, 0.5) is 11.4 Å². The first kappa shape index (κ1) is 27.5. The average Bonchev–Trinajstić information content (AvgIpc) is 3.36. The van der Waals surface area contributed by atoms with Crippen molar-refractivity contribution in [3.8, 4) is 11.4 Å². The van der Waals surface area contributed by atoms with Crippen molar-refractivity contribution in [3.05, 3.63) is 124 Å². The molecule has 1 heterocycles. The van der Waals surface area contributed by atoms with Gasteiger partial charge < -0.3 is 10.6 Å². The quantitative estimate of drug-likeness (QED) is 0.177. The molecule has 7 nitrogen and oxygen atoms in total. The second-order valence-electron chi connectivity index (χ2n) is 8.73. The highest BCUT2D eigenvalue weighted by molar-refractivity contribution is 7.99. The third-order valence-electron chi connectivity index (χ3n) is 5.88. The summed E-state index contributed by atoms with van der Waals surface area (Å²) in [5.74, 6) is 0.346. The number of carbonyl (C=O) groups is 2. The summed E-state index contributed by atoms with van der Waals surface area (Å²) in [4.78, 5) is 25.2. The predicted octanol–water partition coefficient (Wildman–Crippen LogP) is 7.28. The summed E-state index contributed by atoms with van der Waals surface area (Å²) in [6, 6.07) is 31.2. The van der Waals surface area contributed by atoms with Crippen LogP contribution in [0.25, 0.3) is 11.4 Å². The van der Waals surface area contributed by atoms with E-state index in [1.807, 2.05) is 47.0 Å². The van der Waals surface area contributed by atoms with Crippen molar-refractivity contribution >= 4 is 58.2 Å². The average molecular weight is 589 g/mol. The molecule has 0 saturated heterocycles. The van der Waals surface area contributed by atoms with Crippen molar-refractivity contribution in [2.24, 2.45) is 0 Å². The Morgan fingerprint density at radius 1 is 0.750 bits per heavy atom. The number of hydrogen-bond acceptors (Lipinski definition) is 5. The predicted molar refractivity (Wildman–Crippen MR) is 161 cm³/mol. The van der Waals surface area contributed by atoms with Crippen molar-refractivity contribution < 1.29 is 9.59 Å². The van der Waals surface area contributed by atoms with Crippen LogP contribution >= 0.6 is 35.0 Å². The Kier molecular flexibility index (Phi) is 8.81. The Labute approximate surface area is 245 Å². The first-order chi connectivity index (χ1) is 19.5. The van der Waals surface area contributed by atoms with E-state index in [1.165, 1.54) is 11.8 Å². The van der Waals surface area contributed by atoms with Crippen LogP contribution in [0.5, 0.6) is 0 Å². The fourth-order valence-electron chi connectivity index (χ4n) is 3.92. The van der Waals surface area contributed by atoms with Crippen LogP contribution in [0, 0.1) is 0 Å². The number of rotatable bonds is 9. The van der Waals surface area contributed by atoms with E-state index in [0.717, 1.165) is 11.1 Å². The zero-order valence-corrected chi connectivity index (χ0v) is 23.4. The lowest BCUT2D eigenvalue weighted by Gasteiger charge is -2.12. The summed E-state index contributed by atoms with van der Waals surface area (Å²) >= 11 is 13.4. The van der Waals surface area contributed by atoms with Gasteiger partial charge in [0, 0.05) is 22.0 Å². The van der Waals surface area contributed by atoms with Gasteiger partial charge in [-0.2, -0.15) is 0 Å². The molecular formula is C30H23Cl2N5O2S. The number of halogens is 2. The van der Waals surface area contributed by atoms with Crippen LogP contribution < -0.4 is 10.6 Å². The highest BCUT2D eigenvalue weighted by atomic mass is 35.5. The third kappa shape index (κ3) is 6.90. The van der Waals surface area contributed by atoms with Crippen LogP contribution in [0.1, 0.15) is 15.9 Å². The Hall–Kier alpha value is -4.11. The van der Waals surface area contributed by atoms with Gasteiger partial charge in [-0.15, -0.1) is 10.2 Å². The summed E-state index contributed by atoms with van der Waals surface area (Å²) < 4.78 is 1.98. The minimum Gasteiger partial charge on any atom is -0.325 e. The van der Waals surface area contributed by atoms with Crippen molar-refractivity contribution in [2.45, 2.75) is 11.7 Å². The molecule has 0 aliphatic heterocycles. The van der Waals surface area contributed by atoms with Crippen LogP contribution in [0.3, 0.4) is 0 Å². The van der Waals surface area contributed by atoms with Crippen LogP contribution in [0.15, 0.2) is 108 Å². The Balaban J connectivity index is 1.33. The van der Waals surface area contributed by atoms with Gasteiger partial charge in [0.25, 0.3) is 5.91 Å². The van der Waals surface area contributed by atoms with Gasteiger partial charge in [-0.25, -0.2) is 0 Å². The number of benzene rings is 4. The number of carbonyl (C=O) groups excluding carboxylic acids is 2. The number of anilines is 2. The Morgan fingerprint density at radius 2 is 1.40 bits per heavy atom. The lowest BCUT2D eigenvalue weighted by Crippen LogP contribution is -2.14. The van der Waals surface area contributed by atoms with Crippen LogP contribution in [-0.2, 0) is 11.3 Å². The molecule has 0 aliphatic carbocycles. The van der Waals surface area contributed by atoms with E-state index in [0.29, 0.717) is 44.5 Å². The lowest BCUT2D eigenvalue weighted by atomic mass is 10.1. The molecule has 5 rings (SSSR count). The van der Waals surface area contributed by atoms with E-state index >= 15 is 0 Å². The molecule has 5 aromatic rings. The van der Waals surface area contributed by atoms with E-state index in [1.54, 1.807) is 60.7 Å². The van der Waals surface area contributed by atoms with Crippen molar-refractivity contribution in [3.63, 3.8) is 0 Å². The summed E-state index contributed by atoms with van der Waals surface area (Å²) in [5, 5.41) is 16.2. The lowest BCUT2D eigenvalue weighted by molar-refractivity contribution is -0.113. The first-order valence-electron chi connectivity index (χ1n) is 12.3. The maximum absolute atomic E-state index is 12.6. The molecule has 10 heteroatoms. The molecule has 200 valence electrons. The van der Waals surface area contributed by atoms with Crippen LogP contribution in [-0.4, -0.2) is 32.3 Å². The SMILES string of the molecule is O=C(CSc1nnc(-c2ccc(NC(=O)c3ccccc3Cl)cc2)n1Cc1ccccc1)Nc1ccc(Cl)cc1. The molecule has 1 aromatic heterocycles. The topological polar surface area (TPSA) is 88.9 Å². The second-order valence-corrected chi connectivity index (χ2v) is 10.5. The normalized spacial score (nSPS) is 10.8. The summed E-state index contributed by atoms with van der Waals surface area (Å²) in [5.41, 5.74) is 3.58. The molecule has 0 fully saturated rings. The van der Waals surface area contributed by atoms with Gasteiger partial charge in [0.05, 0.1) is 22.9 Å². The standard InChI is InChI=1S/C30H23Cl2N5O2S/c31-22-12-16-23(17-13-22)33-27(38)19-40-30-36-35-28(37(30)18-20-6-2-1-3-7-20)21-10-14-24(15-11-21)34-29(39)25-8-4-5-9-26(25)32/h1-17H,18-19H2,(H,33,38)(H,34,39). The summed E-state index contributed by atoms with van der Waals surface area (Å²) in [6.45, 7) is 0.523. The van der Waals surface area contributed by atoms with E-state index < -0.39 is 0 Å². The second kappa shape index (κ2) is 12.8. The van der Waals surface area contributed by atoms with Gasteiger partial charge in [0.15, 0.2) is 11.0 Å². The van der Waals surface area contributed by atoms with Crippen molar-refractivity contribution in [2.75, 3.05) is 16.4 Å². The number of nitrogens with zero attached hydrogens (tertiary/aromatic N) is 3. The number of aromatic nitrogens is 3. The number of nitrogens with one attached hydrogen (secondary N) is 2. The van der Waals surface area contributed by atoms with Gasteiger partial charge in [-0.05, 0) is 66.2 Å². The maximum Gasteiger partial charge on any atom is 0.257 e. The van der Waals surface area contributed by atoms with E-state index in [9.17, 15) is 9.59 Å². The smallest absolute Gasteiger partial charge is 0.257 e. The Morgan fingerprint density at radius 3 is 2.12 bits per heavy atom. The molecule has 0 atom stereocenters. The van der Waals surface area contributed by atoms with Gasteiger partial charge in [-0.1, -0.05) is 77.4 Å². The van der Waals surface area contributed by atoms with Crippen molar-refractivity contribution in [1.29, 1.82) is 0 Å². The largest absolute Gasteiger partial charge is 0.325 e. The number of thioether (sulfide) groups is 1. The zero-order valence-electron chi connectivity index (χ0n) is 21.1. The molecule has 2 amide bonds. The fraction of sp³-hybridized carbons (Fsp3) is 0.0667. The third-order valence-corrected chi connectivity index (χ3v) is 7.43. The zero-order chi connectivity index (χ0) is 27.9. The van der Waals surface area contributed by atoms with Gasteiger partial charge in [0.1, 0.15) is 0 Å². The molecule has 0 spiro atoms. The van der Waals surface area contributed by atoms with Crippen molar-refractivity contribution in [1.82, 2.24) is 14.8 Å². The highest BCUT2D eigenvalue weighted by Crippen LogP contribution is 2.27. The molecule has 0 unspecified atom stereocenters. The molecule has 40 heavy (non-hydrogen) atoms. The number of hydrogen-bond donors (Lipinski definition) is 2. The minimum atomic E-state index is -0.291. The van der Waals surface area contributed by atoms with E-state index in [4.69, 9.17) is 23.2 Å². The molecule has 0 saturated carbocycles. The molecule has 0 aliphatic rings. The molecular weight excluding hydrogens is 565 g/mol. The van der Waals surface area contributed by atoms with E-state index in [-0.39, 0.29) is 17.6 Å². The van der Waals surface area contributed by atoms with Gasteiger partial charge in [-0.3, -0.25) is 14.2 Å². The van der Waals surface area contributed by atoms with Gasteiger partial charge in [0.2, 0.25) is 5.91 Å². The Bertz CT molecular complexity index is 1620. The van der Waals surface area contributed by atoms with E-state index in [2.05, 4.69) is 20.8 Å². The van der Waals surface area contributed by atoms with Crippen LogP contribution in [0.2, 0.25) is 10.0 Å². The monoisotopic (exact) mass is 587 g/mol. The first-order valence-corrected chi connectivity index (χ1v) is 14.0. The minimum absolute atomic E-state index is 0.155. The maximum atomic E-state index is 12.6. The molecule has 0 radical (unpaired) electrons. The highest BCUT2D eigenvalue weighted by Gasteiger charge is 2.17. The fourth-order valence-corrected chi connectivity index (χ4v) is 5.01.